The van der Waals surface area contributed by atoms with Gasteiger partial charge in [0.1, 0.15) is 0 Å². The fourth-order valence-corrected chi connectivity index (χ4v) is 2.72. The highest BCUT2D eigenvalue weighted by atomic mass is 15.2. The summed E-state index contributed by atoms with van der Waals surface area (Å²) in [7, 11) is 1.78. The molecule has 0 spiro atoms. The molecule has 5 heteroatoms. The monoisotopic (exact) mass is 321 g/mol. The number of aliphatic imine (C=N–C) groups is 1. The molecule has 3 N–H and O–H groups in total. The van der Waals surface area contributed by atoms with Gasteiger partial charge in [0.25, 0.3) is 0 Å². The SMILES string of the molecule is CN=C(NCCc1c[nH]c2cc(C)ccc12)NCc1ccccn1. The summed E-state index contributed by atoms with van der Waals surface area (Å²) in [5.41, 5.74) is 4.78. The van der Waals surface area contributed by atoms with Crippen LogP contribution in [-0.4, -0.2) is 29.5 Å². The van der Waals surface area contributed by atoms with E-state index in [0.29, 0.717) is 6.54 Å². The Kier molecular flexibility index (Phi) is 5.11. The summed E-state index contributed by atoms with van der Waals surface area (Å²) < 4.78 is 0. The zero-order valence-corrected chi connectivity index (χ0v) is 14.1. The topological polar surface area (TPSA) is 65.1 Å². The third-order valence-electron chi connectivity index (χ3n) is 4.00. The Morgan fingerprint density at radius 3 is 2.92 bits per heavy atom. The summed E-state index contributed by atoms with van der Waals surface area (Å²) in [6.07, 6.45) is 4.83. The van der Waals surface area contributed by atoms with Gasteiger partial charge in [-0.3, -0.25) is 9.98 Å². The minimum absolute atomic E-state index is 0.660. The lowest BCUT2D eigenvalue weighted by molar-refractivity contribution is 0.785. The minimum Gasteiger partial charge on any atom is -0.361 e. The van der Waals surface area contributed by atoms with Crippen molar-refractivity contribution in [2.45, 2.75) is 19.9 Å². The summed E-state index contributed by atoms with van der Waals surface area (Å²) in [4.78, 5) is 11.9. The van der Waals surface area contributed by atoms with Crippen molar-refractivity contribution < 1.29 is 0 Å². The zero-order chi connectivity index (χ0) is 16.8. The van der Waals surface area contributed by atoms with Gasteiger partial charge < -0.3 is 15.6 Å². The first kappa shape index (κ1) is 16.1. The van der Waals surface area contributed by atoms with E-state index in [0.717, 1.165) is 24.6 Å². The Balaban J connectivity index is 1.52. The molecule has 0 radical (unpaired) electrons. The Bertz CT molecular complexity index is 820. The normalized spacial score (nSPS) is 11.7. The Labute approximate surface area is 142 Å². The van der Waals surface area contributed by atoms with E-state index in [2.05, 4.69) is 56.9 Å². The third kappa shape index (κ3) is 3.93. The number of rotatable bonds is 5. The number of nitrogens with one attached hydrogen (secondary N) is 3. The predicted molar refractivity (Wildman–Crippen MR) is 99.2 cm³/mol. The first-order chi connectivity index (χ1) is 11.8. The van der Waals surface area contributed by atoms with E-state index in [9.17, 15) is 0 Å². The number of aryl methyl sites for hydroxylation is 1. The second-order valence-electron chi connectivity index (χ2n) is 5.79. The molecule has 0 unspecified atom stereocenters. The maximum Gasteiger partial charge on any atom is 0.191 e. The molecule has 2 heterocycles. The first-order valence-electron chi connectivity index (χ1n) is 8.17. The standard InChI is InChI=1S/C19H23N5/c1-14-6-7-17-15(12-23-18(17)11-14)8-10-22-19(20-2)24-13-16-5-3-4-9-21-16/h3-7,9,11-12,23H,8,10,13H2,1-2H3,(H2,20,22,24). The molecule has 0 saturated carbocycles. The third-order valence-corrected chi connectivity index (χ3v) is 4.00. The molecule has 124 valence electrons. The van der Waals surface area contributed by atoms with Gasteiger partial charge in [0, 0.05) is 36.9 Å². The van der Waals surface area contributed by atoms with E-state index in [1.807, 2.05) is 18.2 Å². The Morgan fingerprint density at radius 1 is 1.21 bits per heavy atom. The van der Waals surface area contributed by atoms with Gasteiger partial charge in [-0.2, -0.15) is 0 Å². The van der Waals surface area contributed by atoms with Gasteiger partial charge in [-0.1, -0.05) is 18.2 Å². The number of hydrogen-bond acceptors (Lipinski definition) is 2. The van der Waals surface area contributed by atoms with Gasteiger partial charge >= 0.3 is 0 Å². The van der Waals surface area contributed by atoms with Crippen LogP contribution in [0.4, 0.5) is 0 Å². The fraction of sp³-hybridized carbons (Fsp3) is 0.263. The van der Waals surface area contributed by atoms with Crippen LogP contribution in [0.1, 0.15) is 16.8 Å². The van der Waals surface area contributed by atoms with Crippen LogP contribution < -0.4 is 10.6 Å². The van der Waals surface area contributed by atoms with E-state index in [1.54, 1.807) is 13.2 Å². The van der Waals surface area contributed by atoms with E-state index in [-0.39, 0.29) is 0 Å². The van der Waals surface area contributed by atoms with Crippen molar-refractivity contribution >= 4 is 16.9 Å². The van der Waals surface area contributed by atoms with Crippen molar-refractivity contribution in [2.75, 3.05) is 13.6 Å². The number of guanidine groups is 1. The summed E-state index contributed by atoms with van der Waals surface area (Å²) in [6, 6.07) is 12.4. The molecule has 2 aromatic heterocycles. The van der Waals surface area contributed by atoms with Crippen LogP contribution in [0.5, 0.6) is 0 Å². The molecule has 0 aliphatic carbocycles. The molecule has 0 fully saturated rings. The summed E-state index contributed by atoms with van der Waals surface area (Å²) >= 11 is 0. The molecule has 0 aliphatic rings. The van der Waals surface area contributed by atoms with Gasteiger partial charge in [0.2, 0.25) is 0 Å². The quantitative estimate of drug-likeness (QED) is 0.500. The van der Waals surface area contributed by atoms with E-state index in [4.69, 9.17) is 0 Å². The number of aromatic amines is 1. The fourth-order valence-electron chi connectivity index (χ4n) is 2.72. The Hall–Kier alpha value is -2.82. The lowest BCUT2D eigenvalue weighted by atomic mass is 10.1. The van der Waals surface area contributed by atoms with Gasteiger partial charge in [-0.05, 0) is 42.7 Å². The average molecular weight is 321 g/mol. The van der Waals surface area contributed by atoms with Gasteiger partial charge in [-0.25, -0.2) is 0 Å². The van der Waals surface area contributed by atoms with Crippen molar-refractivity contribution in [1.82, 2.24) is 20.6 Å². The highest BCUT2D eigenvalue weighted by molar-refractivity contribution is 5.84. The number of hydrogen-bond donors (Lipinski definition) is 3. The molecule has 24 heavy (non-hydrogen) atoms. The molecule has 0 saturated heterocycles. The molecule has 1 aromatic carbocycles. The molecule has 0 atom stereocenters. The van der Waals surface area contributed by atoms with Crippen LogP contribution in [-0.2, 0) is 13.0 Å². The number of H-pyrrole nitrogens is 1. The van der Waals surface area contributed by atoms with E-state index < -0.39 is 0 Å². The van der Waals surface area contributed by atoms with Crippen LogP contribution >= 0.6 is 0 Å². The molecule has 5 nitrogen and oxygen atoms in total. The van der Waals surface area contributed by atoms with Gasteiger partial charge in [-0.15, -0.1) is 0 Å². The largest absolute Gasteiger partial charge is 0.361 e. The van der Waals surface area contributed by atoms with Crippen LogP contribution in [0.25, 0.3) is 10.9 Å². The summed E-state index contributed by atoms with van der Waals surface area (Å²) in [6.45, 7) is 3.59. The molecule has 3 aromatic rings. The minimum atomic E-state index is 0.660. The smallest absolute Gasteiger partial charge is 0.191 e. The lowest BCUT2D eigenvalue weighted by Gasteiger charge is -2.11. The number of fused-ring (bicyclic) bond motifs is 1. The summed E-state index contributed by atoms with van der Waals surface area (Å²) in [5.74, 6) is 0.788. The Morgan fingerprint density at radius 2 is 2.12 bits per heavy atom. The second-order valence-corrected chi connectivity index (χ2v) is 5.79. The number of aromatic nitrogens is 2. The van der Waals surface area contributed by atoms with Gasteiger partial charge in [0.15, 0.2) is 5.96 Å². The van der Waals surface area contributed by atoms with Crippen molar-refractivity contribution in [3.05, 3.63) is 65.6 Å². The first-order valence-corrected chi connectivity index (χ1v) is 8.17. The molecular weight excluding hydrogens is 298 g/mol. The van der Waals surface area contributed by atoms with Crippen LogP contribution in [0, 0.1) is 6.92 Å². The van der Waals surface area contributed by atoms with Crippen molar-refractivity contribution in [3.8, 4) is 0 Å². The molecular formula is C19H23N5. The molecule has 0 amide bonds. The van der Waals surface area contributed by atoms with E-state index in [1.165, 1.54) is 22.0 Å². The van der Waals surface area contributed by atoms with Crippen molar-refractivity contribution in [2.24, 2.45) is 4.99 Å². The predicted octanol–water partition coefficient (Wildman–Crippen LogP) is 2.78. The van der Waals surface area contributed by atoms with Crippen molar-refractivity contribution in [1.29, 1.82) is 0 Å². The van der Waals surface area contributed by atoms with Crippen LogP contribution in [0.15, 0.2) is 53.8 Å². The average Bonchev–Trinajstić information content (AvgIpc) is 3.01. The maximum atomic E-state index is 4.30. The number of pyridine rings is 1. The highest BCUT2D eigenvalue weighted by Crippen LogP contribution is 2.19. The van der Waals surface area contributed by atoms with Crippen LogP contribution in [0.2, 0.25) is 0 Å². The molecule has 3 rings (SSSR count). The lowest BCUT2D eigenvalue weighted by Crippen LogP contribution is -2.38. The van der Waals surface area contributed by atoms with Crippen molar-refractivity contribution in [3.63, 3.8) is 0 Å². The highest BCUT2D eigenvalue weighted by Gasteiger charge is 2.04. The summed E-state index contributed by atoms with van der Waals surface area (Å²) in [5, 5.41) is 7.92. The molecule has 0 aliphatic heterocycles. The second kappa shape index (κ2) is 7.64. The van der Waals surface area contributed by atoms with Crippen LogP contribution in [0.3, 0.4) is 0 Å². The number of benzene rings is 1. The van der Waals surface area contributed by atoms with E-state index >= 15 is 0 Å². The maximum absolute atomic E-state index is 4.30. The molecule has 0 bridgehead atoms. The number of nitrogens with zero attached hydrogens (tertiary/aromatic N) is 2. The zero-order valence-electron chi connectivity index (χ0n) is 14.1. The van der Waals surface area contributed by atoms with Gasteiger partial charge in [0.05, 0.1) is 12.2 Å².